The molecule has 1 aromatic rings. The Morgan fingerprint density at radius 2 is 2.00 bits per heavy atom. The number of ether oxygens (including phenoxy) is 1. The van der Waals surface area contributed by atoms with Gasteiger partial charge in [-0.3, -0.25) is 0 Å². The van der Waals surface area contributed by atoms with Gasteiger partial charge in [-0.15, -0.1) is 0 Å². The van der Waals surface area contributed by atoms with Crippen LogP contribution >= 0.6 is 0 Å². The van der Waals surface area contributed by atoms with E-state index in [4.69, 9.17) is 5.73 Å². The SMILES string of the molecule is Nc1cc(C2=CC=C(C3=NNC(=O)OC3)CC2(F)C(F)(F)F)ccc1F. The van der Waals surface area contributed by atoms with Crippen molar-refractivity contribution in [1.29, 1.82) is 0 Å². The van der Waals surface area contributed by atoms with E-state index < -0.39 is 41.4 Å². The molecule has 10 heteroatoms. The van der Waals surface area contributed by atoms with Crippen molar-refractivity contribution in [3.05, 3.63) is 47.3 Å². The largest absolute Gasteiger partial charge is 0.442 e. The van der Waals surface area contributed by atoms with Crippen molar-refractivity contribution < 1.29 is 31.5 Å². The van der Waals surface area contributed by atoms with Gasteiger partial charge in [0.25, 0.3) is 0 Å². The van der Waals surface area contributed by atoms with E-state index in [1.165, 1.54) is 6.08 Å². The smallest absolute Gasteiger partial charge is 0.428 e. The molecule has 3 rings (SSSR count). The Hall–Kier alpha value is -2.91. The van der Waals surface area contributed by atoms with Gasteiger partial charge in [0.05, 0.1) is 5.69 Å². The van der Waals surface area contributed by atoms with Crippen LogP contribution in [0.5, 0.6) is 0 Å². The number of hydrogen-bond acceptors (Lipinski definition) is 4. The highest BCUT2D eigenvalue weighted by molar-refractivity contribution is 6.04. The fourth-order valence-electron chi connectivity index (χ4n) is 2.70. The third-order valence-electron chi connectivity index (χ3n) is 4.06. The standard InChI is InChI=1S/C16H12F5N3O2/c17-11-4-2-8(5-12(11)22)10-3-1-9(6-15(10,18)16(19,20)21)13-7-26-14(25)24-23-13/h1-5H,6-7,22H2,(H,24,25). The summed E-state index contributed by atoms with van der Waals surface area (Å²) in [6.07, 6.45) is -4.99. The number of anilines is 1. The summed E-state index contributed by atoms with van der Waals surface area (Å²) >= 11 is 0. The molecule has 0 aromatic heterocycles. The van der Waals surface area contributed by atoms with Crippen molar-refractivity contribution in [2.75, 3.05) is 12.3 Å². The minimum absolute atomic E-state index is 0.0233. The molecule has 0 fully saturated rings. The summed E-state index contributed by atoms with van der Waals surface area (Å²) in [5, 5.41) is 3.60. The highest BCUT2D eigenvalue weighted by Gasteiger charge is 2.59. The normalized spacial score (nSPS) is 23.4. The molecule has 2 aliphatic rings. The van der Waals surface area contributed by atoms with E-state index in [9.17, 15) is 22.4 Å². The molecule has 0 spiro atoms. The Morgan fingerprint density at radius 3 is 2.58 bits per heavy atom. The number of halogens is 5. The first-order chi connectivity index (χ1) is 12.1. The van der Waals surface area contributed by atoms with E-state index in [1.807, 2.05) is 5.43 Å². The molecule has 1 aliphatic carbocycles. The molecular formula is C16H12F5N3O2. The van der Waals surface area contributed by atoms with Crippen LogP contribution in [0.25, 0.3) is 5.57 Å². The van der Waals surface area contributed by atoms with Crippen LogP contribution in [0, 0.1) is 5.82 Å². The van der Waals surface area contributed by atoms with Gasteiger partial charge in [0.15, 0.2) is 0 Å². The number of allylic oxidation sites excluding steroid dienone is 3. The Labute approximate surface area is 144 Å². The summed E-state index contributed by atoms with van der Waals surface area (Å²) in [6, 6.07) is 2.84. The fourth-order valence-corrected chi connectivity index (χ4v) is 2.70. The quantitative estimate of drug-likeness (QED) is 0.616. The van der Waals surface area contributed by atoms with E-state index in [-0.39, 0.29) is 23.5 Å². The van der Waals surface area contributed by atoms with Crippen molar-refractivity contribution in [3.63, 3.8) is 0 Å². The van der Waals surface area contributed by atoms with Gasteiger partial charge in [-0.05, 0) is 23.3 Å². The zero-order valence-corrected chi connectivity index (χ0v) is 13.0. The Balaban J connectivity index is 2.07. The number of nitrogens with zero attached hydrogens (tertiary/aromatic N) is 1. The van der Waals surface area contributed by atoms with Crippen molar-refractivity contribution in [2.24, 2.45) is 5.10 Å². The Kier molecular flexibility index (Phi) is 4.21. The number of cyclic esters (lactones) is 1. The maximum absolute atomic E-state index is 15.2. The molecule has 1 heterocycles. The second-order valence-electron chi connectivity index (χ2n) is 5.73. The number of nitrogens with one attached hydrogen (secondary N) is 1. The van der Waals surface area contributed by atoms with E-state index in [2.05, 4.69) is 9.84 Å². The number of hydrazone groups is 1. The molecule has 0 saturated heterocycles. The summed E-state index contributed by atoms with van der Waals surface area (Å²) in [6.45, 7) is -0.377. The summed E-state index contributed by atoms with van der Waals surface area (Å²) in [5.74, 6) is -0.817. The summed E-state index contributed by atoms with van der Waals surface area (Å²) < 4.78 is 73.8. The first-order valence-corrected chi connectivity index (χ1v) is 7.34. The minimum Gasteiger partial charge on any atom is -0.442 e. The van der Waals surface area contributed by atoms with Crippen LogP contribution in [0.2, 0.25) is 0 Å². The van der Waals surface area contributed by atoms with Crippen molar-refractivity contribution in [2.45, 2.75) is 18.3 Å². The van der Waals surface area contributed by atoms with Gasteiger partial charge in [0.1, 0.15) is 18.1 Å². The van der Waals surface area contributed by atoms with Gasteiger partial charge in [0, 0.05) is 12.0 Å². The second-order valence-corrected chi connectivity index (χ2v) is 5.73. The van der Waals surface area contributed by atoms with Crippen molar-refractivity contribution in [3.8, 4) is 0 Å². The lowest BCUT2D eigenvalue weighted by atomic mass is 9.79. The van der Waals surface area contributed by atoms with Crippen molar-refractivity contribution in [1.82, 2.24) is 5.43 Å². The molecule has 1 atom stereocenters. The zero-order chi connectivity index (χ0) is 19.1. The van der Waals surface area contributed by atoms with Crippen LogP contribution in [-0.2, 0) is 4.74 Å². The van der Waals surface area contributed by atoms with Gasteiger partial charge in [0.2, 0.25) is 5.67 Å². The number of amides is 1. The molecule has 5 nitrogen and oxygen atoms in total. The summed E-state index contributed by atoms with van der Waals surface area (Å²) in [4.78, 5) is 10.9. The van der Waals surface area contributed by atoms with E-state index >= 15 is 4.39 Å². The molecule has 1 aliphatic heterocycles. The molecular weight excluding hydrogens is 361 g/mol. The molecule has 1 aromatic carbocycles. The highest BCUT2D eigenvalue weighted by atomic mass is 19.4. The van der Waals surface area contributed by atoms with Crippen LogP contribution in [-0.4, -0.2) is 30.3 Å². The van der Waals surface area contributed by atoms with E-state index in [0.29, 0.717) is 0 Å². The molecule has 1 amide bonds. The average Bonchev–Trinajstić information content (AvgIpc) is 2.57. The fraction of sp³-hybridized carbons (Fsp3) is 0.250. The van der Waals surface area contributed by atoms with Crippen LogP contribution in [0.15, 0.2) is 41.0 Å². The first-order valence-electron chi connectivity index (χ1n) is 7.34. The molecule has 138 valence electrons. The Morgan fingerprint density at radius 1 is 1.27 bits per heavy atom. The van der Waals surface area contributed by atoms with Gasteiger partial charge >= 0.3 is 12.3 Å². The summed E-state index contributed by atoms with van der Waals surface area (Å²) in [5.41, 5.74) is 2.22. The molecule has 0 saturated carbocycles. The number of carbonyl (C=O) groups is 1. The lowest BCUT2D eigenvalue weighted by Crippen LogP contribution is -2.45. The lowest BCUT2D eigenvalue weighted by Gasteiger charge is -2.34. The van der Waals surface area contributed by atoms with Crippen LogP contribution in [0.3, 0.4) is 0 Å². The lowest BCUT2D eigenvalue weighted by molar-refractivity contribution is -0.207. The predicted molar refractivity (Wildman–Crippen MR) is 83.3 cm³/mol. The Bertz CT molecular complexity index is 860. The van der Waals surface area contributed by atoms with Crippen molar-refractivity contribution >= 4 is 23.1 Å². The van der Waals surface area contributed by atoms with Crippen LogP contribution in [0.1, 0.15) is 12.0 Å². The summed E-state index contributed by atoms with van der Waals surface area (Å²) in [7, 11) is 0. The number of nitrogen functional groups attached to an aromatic ring is 1. The maximum atomic E-state index is 15.2. The number of rotatable bonds is 2. The molecule has 0 bridgehead atoms. The number of alkyl halides is 4. The van der Waals surface area contributed by atoms with Gasteiger partial charge in [-0.25, -0.2) is 19.0 Å². The molecule has 3 N–H and O–H groups in total. The predicted octanol–water partition coefficient (Wildman–Crippen LogP) is 3.49. The van der Waals surface area contributed by atoms with Gasteiger partial charge < -0.3 is 10.5 Å². The molecule has 1 unspecified atom stereocenters. The van der Waals surface area contributed by atoms with Crippen LogP contribution in [0.4, 0.5) is 32.4 Å². The van der Waals surface area contributed by atoms with Crippen LogP contribution < -0.4 is 11.2 Å². The number of nitrogens with two attached hydrogens (primary N) is 1. The minimum atomic E-state index is -5.25. The van der Waals surface area contributed by atoms with Gasteiger partial charge in [-0.1, -0.05) is 18.2 Å². The topological polar surface area (TPSA) is 76.7 Å². The zero-order valence-electron chi connectivity index (χ0n) is 13.0. The number of hydrogen-bond donors (Lipinski definition) is 2. The highest BCUT2D eigenvalue weighted by Crippen LogP contribution is 2.50. The third kappa shape index (κ3) is 3.02. The third-order valence-corrected chi connectivity index (χ3v) is 4.06. The monoisotopic (exact) mass is 373 g/mol. The first kappa shape index (κ1) is 17.9. The molecule has 26 heavy (non-hydrogen) atoms. The number of carbonyl (C=O) groups excluding carboxylic acids is 1. The molecule has 0 radical (unpaired) electrons. The number of benzene rings is 1. The van der Waals surface area contributed by atoms with E-state index in [0.717, 1.165) is 24.3 Å². The van der Waals surface area contributed by atoms with E-state index in [1.54, 1.807) is 0 Å². The van der Waals surface area contributed by atoms with Gasteiger partial charge in [-0.2, -0.15) is 18.3 Å². The average molecular weight is 373 g/mol. The maximum Gasteiger partial charge on any atom is 0.428 e. The second kappa shape index (κ2) is 6.11.